The van der Waals surface area contributed by atoms with E-state index in [-0.39, 0.29) is 35.8 Å². The van der Waals surface area contributed by atoms with Gasteiger partial charge in [0.25, 0.3) is 5.91 Å². The van der Waals surface area contributed by atoms with Crippen LogP contribution in [0.2, 0.25) is 0 Å². The number of aryl methyl sites for hydroxylation is 2. The fourth-order valence-corrected chi connectivity index (χ4v) is 4.50. The van der Waals surface area contributed by atoms with Crippen molar-refractivity contribution in [2.75, 3.05) is 23.3 Å². The van der Waals surface area contributed by atoms with Crippen molar-refractivity contribution in [3.8, 4) is 5.75 Å². The number of hydrogen-bond acceptors (Lipinski definition) is 5. The molecule has 2 aromatic carbocycles. The smallest absolute Gasteiger partial charge is 0.251 e. The Morgan fingerprint density at radius 1 is 1.06 bits per heavy atom. The Morgan fingerprint density at radius 3 is 2.45 bits per heavy atom. The number of aromatic hydroxyl groups is 1. The number of benzene rings is 2. The Labute approximate surface area is 181 Å². The highest BCUT2D eigenvalue weighted by atomic mass is 16.3. The number of amides is 3. The van der Waals surface area contributed by atoms with Crippen LogP contribution in [0, 0.1) is 19.8 Å². The Bertz CT molecular complexity index is 1030. The summed E-state index contributed by atoms with van der Waals surface area (Å²) < 4.78 is 0. The molecule has 2 fully saturated rings. The molecule has 1 atom stereocenters. The number of piperidine rings is 1. The van der Waals surface area contributed by atoms with Gasteiger partial charge in [0.1, 0.15) is 5.75 Å². The van der Waals surface area contributed by atoms with Crippen molar-refractivity contribution in [3.05, 3.63) is 53.6 Å². The minimum Gasteiger partial charge on any atom is -0.506 e. The van der Waals surface area contributed by atoms with Crippen LogP contribution in [0.1, 0.15) is 30.4 Å². The van der Waals surface area contributed by atoms with Crippen LogP contribution in [0.3, 0.4) is 0 Å². The average Bonchev–Trinajstić information content (AvgIpc) is 3.04. The van der Waals surface area contributed by atoms with Gasteiger partial charge in [-0.2, -0.15) is 0 Å². The maximum atomic E-state index is 13.1. The number of nitrogens with one attached hydrogen (secondary N) is 1. The number of anilines is 2. The highest BCUT2D eigenvalue weighted by molar-refractivity contribution is 6.22. The molecule has 2 heterocycles. The Balaban J connectivity index is 1.39. The first-order valence-corrected chi connectivity index (χ1v) is 10.6. The molecule has 31 heavy (non-hydrogen) atoms. The zero-order chi connectivity index (χ0) is 22.1. The first-order valence-electron chi connectivity index (χ1n) is 10.6. The Hall–Kier alpha value is -3.19. The van der Waals surface area contributed by atoms with Crippen molar-refractivity contribution in [2.24, 2.45) is 5.92 Å². The topological polar surface area (TPSA) is 90.0 Å². The van der Waals surface area contributed by atoms with Crippen LogP contribution in [0.5, 0.6) is 5.75 Å². The summed E-state index contributed by atoms with van der Waals surface area (Å²) in [4.78, 5) is 41.7. The van der Waals surface area contributed by atoms with Crippen LogP contribution in [-0.4, -0.2) is 46.9 Å². The predicted molar refractivity (Wildman–Crippen MR) is 118 cm³/mol. The van der Waals surface area contributed by atoms with E-state index in [1.54, 1.807) is 18.2 Å². The molecule has 2 saturated heterocycles. The van der Waals surface area contributed by atoms with E-state index in [4.69, 9.17) is 0 Å². The summed E-state index contributed by atoms with van der Waals surface area (Å²) in [5, 5.41) is 12.6. The average molecular weight is 421 g/mol. The fourth-order valence-electron chi connectivity index (χ4n) is 4.50. The van der Waals surface area contributed by atoms with E-state index in [1.807, 2.05) is 36.9 Å². The maximum absolute atomic E-state index is 13.1. The molecule has 2 N–H and O–H groups in total. The molecule has 3 amide bonds. The van der Waals surface area contributed by atoms with Crippen LogP contribution in [-0.2, 0) is 14.4 Å². The molecule has 4 rings (SSSR count). The third-order valence-electron chi connectivity index (χ3n) is 6.22. The van der Waals surface area contributed by atoms with Crippen molar-refractivity contribution in [1.82, 2.24) is 4.90 Å². The minimum absolute atomic E-state index is 0.0369. The van der Waals surface area contributed by atoms with E-state index in [1.165, 1.54) is 11.0 Å². The molecule has 2 aromatic rings. The van der Waals surface area contributed by atoms with Crippen molar-refractivity contribution < 1.29 is 19.5 Å². The third kappa shape index (κ3) is 4.18. The van der Waals surface area contributed by atoms with Gasteiger partial charge in [0.05, 0.1) is 23.8 Å². The molecule has 7 heteroatoms. The van der Waals surface area contributed by atoms with Gasteiger partial charge >= 0.3 is 0 Å². The molecule has 2 aliphatic rings. The maximum Gasteiger partial charge on any atom is 0.251 e. The van der Waals surface area contributed by atoms with Gasteiger partial charge < -0.3 is 10.4 Å². The summed E-state index contributed by atoms with van der Waals surface area (Å²) in [5.74, 6) is -0.657. The van der Waals surface area contributed by atoms with Gasteiger partial charge in [0.2, 0.25) is 11.8 Å². The third-order valence-corrected chi connectivity index (χ3v) is 6.22. The van der Waals surface area contributed by atoms with Gasteiger partial charge in [-0.3, -0.25) is 19.3 Å². The summed E-state index contributed by atoms with van der Waals surface area (Å²) in [6.07, 6.45) is 1.36. The second-order valence-electron chi connectivity index (χ2n) is 8.39. The molecule has 0 aliphatic carbocycles. The lowest BCUT2D eigenvalue weighted by Crippen LogP contribution is -2.47. The number of carbonyl (C=O) groups excluding carboxylic acids is 3. The monoisotopic (exact) mass is 421 g/mol. The van der Waals surface area contributed by atoms with Gasteiger partial charge in [-0.15, -0.1) is 0 Å². The number of phenolic OH excluding ortho intramolecular Hbond substituents is 1. The molecule has 0 bridgehead atoms. The summed E-state index contributed by atoms with van der Waals surface area (Å²) in [7, 11) is 0. The van der Waals surface area contributed by atoms with E-state index < -0.39 is 6.04 Å². The van der Waals surface area contributed by atoms with Crippen LogP contribution >= 0.6 is 0 Å². The highest BCUT2D eigenvalue weighted by Crippen LogP contribution is 2.31. The Morgan fingerprint density at radius 2 is 1.77 bits per heavy atom. The van der Waals surface area contributed by atoms with Crippen LogP contribution in [0.25, 0.3) is 0 Å². The van der Waals surface area contributed by atoms with E-state index in [0.29, 0.717) is 37.3 Å². The largest absolute Gasteiger partial charge is 0.506 e. The first-order chi connectivity index (χ1) is 14.8. The molecule has 0 radical (unpaired) electrons. The lowest BCUT2D eigenvalue weighted by Gasteiger charge is -2.34. The summed E-state index contributed by atoms with van der Waals surface area (Å²) in [6, 6.07) is 11.9. The molecule has 1 unspecified atom stereocenters. The van der Waals surface area contributed by atoms with Crippen LogP contribution < -0.4 is 10.2 Å². The van der Waals surface area contributed by atoms with Crippen molar-refractivity contribution in [2.45, 2.75) is 39.2 Å². The van der Waals surface area contributed by atoms with Crippen LogP contribution in [0.4, 0.5) is 11.4 Å². The minimum atomic E-state index is -0.476. The zero-order valence-corrected chi connectivity index (χ0v) is 17.8. The molecule has 2 aliphatic heterocycles. The number of hydrogen-bond donors (Lipinski definition) is 2. The van der Waals surface area contributed by atoms with Gasteiger partial charge in [-0.1, -0.05) is 29.8 Å². The van der Waals surface area contributed by atoms with Crippen molar-refractivity contribution in [3.63, 3.8) is 0 Å². The summed E-state index contributed by atoms with van der Waals surface area (Å²) in [6.45, 7) is 5.03. The Kier molecular flexibility index (Phi) is 5.78. The molecule has 0 aromatic heterocycles. The number of nitrogens with zero attached hydrogens (tertiary/aromatic N) is 2. The van der Waals surface area contributed by atoms with E-state index >= 15 is 0 Å². The summed E-state index contributed by atoms with van der Waals surface area (Å²) in [5.41, 5.74) is 3.04. The van der Waals surface area contributed by atoms with Gasteiger partial charge in [-0.05, 0) is 63.5 Å². The standard InChI is InChI=1S/C24H27N3O4/c1-15-7-8-19(16(2)13-15)27-22(29)14-20(24(27)31)26-11-9-17(10-12-26)23(30)25-18-5-3-4-6-21(18)28/h3-8,13,17,20,28H,9-12,14H2,1-2H3,(H,25,30). The second-order valence-corrected chi connectivity index (χ2v) is 8.39. The lowest BCUT2D eigenvalue weighted by molar-refractivity contribution is -0.123. The quantitative estimate of drug-likeness (QED) is 0.585. The molecule has 7 nitrogen and oxygen atoms in total. The van der Waals surface area contributed by atoms with Gasteiger partial charge in [-0.25, -0.2) is 4.90 Å². The van der Waals surface area contributed by atoms with Gasteiger partial charge in [0.15, 0.2) is 0 Å². The first kappa shape index (κ1) is 21.1. The predicted octanol–water partition coefficient (Wildman–Crippen LogP) is 2.99. The normalized spacial score (nSPS) is 20.3. The van der Waals surface area contributed by atoms with Gasteiger partial charge in [0, 0.05) is 5.92 Å². The lowest BCUT2D eigenvalue weighted by atomic mass is 9.94. The number of carbonyl (C=O) groups is 3. The molecular formula is C24H27N3O4. The zero-order valence-electron chi connectivity index (χ0n) is 17.8. The SMILES string of the molecule is Cc1ccc(N2C(=O)CC(N3CCC(C(=O)Nc4ccccc4O)CC3)C2=O)c(C)c1. The number of phenols is 1. The highest BCUT2D eigenvalue weighted by Gasteiger charge is 2.44. The number of likely N-dealkylation sites (tertiary alicyclic amines) is 1. The molecule has 0 saturated carbocycles. The van der Waals surface area contributed by atoms with E-state index in [2.05, 4.69) is 5.32 Å². The van der Waals surface area contributed by atoms with Crippen molar-refractivity contribution >= 4 is 29.1 Å². The van der Waals surface area contributed by atoms with Crippen LogP contribution in [0.15, 0.2) is 42.5 Å². The molecular weight excluding hydrogens is 394 g/mol. The fraction of sp³-hybridized carbons (Fsp3) is 0.375. The van der Waals surface area contributed by atoms with Crippen molar-refractivity contribution in [1.29, 1.82) is 0 Å². The molecule has 0 spiro atoms. The number of rotatable bonds is 4. The van der Waals surface area contributed by atoms with E-state index in [0.717, 1.165) is 11.1 Å². The summed E-state index contributed by atoms with van der Waals surface area (Å²) >= 11 is 0. The second kappa shape index (κ2) is 8.51. The van der Waals surface area contributed by atoms with E-state index in [9.17, 15) is 19.5 Å². The number of imide groups is 1. The molecule has 162 valence electrons. The number of para-hydroxylation sites is 2.